The van der Waals surface area contributed by atoms with Gasteiger partial charge in [0.15, 0.2) is 0 Å². The second-order valence-electron chi connectivity index (χ2n) is 5.72. The predicted molar refractivity (Wildman–Crippen MR) is 102 cm³/mol. The highest BCUT2D eigenvalue weighted by molar-refractivity contribution is 9.10. The molecule has 0 aliphatic carbocycles. The van der Waals surface area contributed by atoms with E-state index in [1.807, 2.05) is 29.6 Å². The number of hydrogen-bond donors (Lipinski definition) is 2. The zero-order chi connectivity index (χ0) is 17.6. The topological polar surface area (TPSA) is 81.8 Å². The molecule has 6 nitrogen and oxygen atoms in total. The lowest BCUT2D eigenvalue weighted by Gasteiger charge is -2.15. The van der Waals surface area contributed by atoms with Crippen LogP contribution in [-0.4, -0.2) is 32.8 Å². The summed E-state index contributed by atoms with van der Waals surface area (Å²) in [5.74, 6) is 0.297. The van der Waals surface area contributed by atoms with Crippen molar-refractivity contribution >= 4 is 54.3 Å². The highest BCUT2D eigenvalue weighted by Gasteiger charge is 2.16. The molecule has 4 aromatic rings. The number of carbonyl (C=O) groups is 1. The van der Waals surface area contributed by atoms with Crippen LogP contribution in [0.1, 0.15) is 16.3 Å². The summed E-state index contributed by atoms with van der Waals surface area (Å²) in [6.07, 6.45) is 0. The molecule has 3 aromatic heterocycles. The number of rotatable bonds is 3. The Bertz CT molecular complexity index is 1160. The van der Waals surface area contributed by atoms with E-state index in [0.29, 0.717) is 21.7 Å². The highest BCUT2D eigenvalue weighted by atomic mass is 79.9. The van der Waals surface area contributed by atoms with Crippen LogP contribution in [-0.2, 0) is 6.54 Å². The largest absolute Gasteiger partial charge is 0.351 e. The monoisotopic (exact) mass is 416 g/mol. The minimum Gasteiger partial charge on any atom is -0.351 e. The second-order valence-corrected chi connectivity index (χ2v) is 7.56. The van der Waals surface area contributed by atoms with E-state index in [4.69, 9.17) is 0 Å². The van der Waals surface area contributed by atoms with Crippen LogP contribution in [0.4, 0.5) is 0 Å². The molecule has 126 valence electrons. The van der Waals surface area contributed by atoms with Crippen LogP contribution in [0.3, 0.4) is 0 Å². The van der Waals surface area contributed by atoms with Crippen LogP contribution < -0.4 is 5.56 Å². The molecule has 0 atom stereocenters. The fourth-order valence-electron chi connectivity index (χ4n) is 2.72. The van der Waals surface area contributed by atoms with Crippen molar-refractivity contribution in [2.24, 2.45) is 0 Å². The summed E-state index contributed by atoms with van der Waals surface area (Å²) in [7, 11) is 1.68. The lowest BCUT2D eigenvalue weighted by Crippen LogP contribution is -2.28. The maximum atomic E-state index is 12.7. The van der Waals surface area contributed by atoms with Crippen LogP contribution in [0.2, 0.25) is 0 Å². The van der Waals surface area contributed by atoms with Crippen LogP contribution in [0, 0.1) is 0 Å². The van der Waals surface area contributed by atoms with Gasteiger partial charge >= 0.3 is 0 Å². The quantitative estimate of drug-likeness (QED) is 0.536. The van der Waals surface area contributed by atoms with Gasteiger partial charge in [-0.1, -0.05) is 15.9 Å². The number of hydrogen-bond acceptors (Lipinski definition) is 4. The van der Waals surface area contributed by atoms with E-state index in [1.165, 1.54) is 16.2 Å². The number of fused-ring (bicyclic) bond motifs is 2. The van der Waals surface area contributed by atoms with Crippen molar-refractivity contribution in [3.05, 3.63) is 62.1 Å². The molecular weight excluding hydrogens is 404 g/mol. The minimum absolute atomic E-state index is 0.166. The molecule has 0 aliphatic heterocycles. The maximum Gasteiger partial charge on any atom is 0.270 e. The van der Waals surface area contributed by atoms with E-state index in [0.717, 1.165) is 15.4 Å². The van der Waals surface area contributed by atoms with E-state index < -0.39 is 0 Å². The van der Waals surface area contributed by atoms with Crippen molar-refractivity contribution < 1.29 is 4.79 Å². The fourth-order valence-corrected chi connectivity index (χ4v) is 3.82. The van der Waals surface area contributed by atoms with E-state index in [-0.39, 0.29) is 18.0 Å². The van der Waals surface area contributed by atoms with Crippen LogP contribution in [0.25, 0.3) is 21.1 Å². The summed E-state index contributed by atoms with van der Waals surface area (Å²) in [6.45, 7) is 0.221. The molecule has 25 heavy (non-hydrogen) atoms. The normalized spacial score (nSPS) is 11.3. The molecule has 1 amide bonds. The number of nitrogens with one attached hydrogen (secondary N) is 2. The van der Waals surface area contributed by atoms with Crippen molar-refractivity contribution in [2.75, 3.05) is 7.05 Å². The van der Waals surface area contributed by atoms with Gasteiger partial charge in [-0.25, -0.2) is 4.98 Å². The second kappa shape index (κ2) is 6.12. The minimum atomic E-state index is -0.175. The Labute approximate surface area is 154 Å². The van der Waals surface area contributed by atoms with Crippen molar-refractivity contribution in [3.63, 3.8) is 0 Å². The van der Waals surface area contributed by atoms with Gasteiger partial charge < -0.3 is 14.9 Å². The number of carbonyl (C=O) groups excluding carboxylic acids is 1. The molecule has 4 rings (SSSR count). The third kappa shape index (κ3) is 2.98. The predicted octanol–water partition coefficient (Wildman–Crippen LogP) is 3.50. The van der Waals surface area contributed by atoms with E-state index in [9.17, 15) is 9.59 Å². The molecule has 0 spiro atoms. The van der Waals surface area contributed by atoms with E-state index in [1.54, 1.807) is 13.1 Å². The molecule has 1 aromatic carbocycles. The van der Waals surface area contributed by atoms with E-state index in [2.05, 4.69) is 30.9 Å². The van der Waals surface area contributed by atoms with Crippen LogP contribution in [0.5, 0.6) is 0 Å². The number of nitrogens with zero attached hydrogens (tertiary/aromatic N) is 2. The van der Waals surface area contributed by atoms with Crippen molar-refractivity contribution in [1.82, 2.24) is 19.9 Å². The van der Waals surface area contributed by atoms with Gasteiger partial charge in [0, 0.05) is 22.4 Å². The number of thiophene rings is 1. The zero-order valence-electron chi connectivity index (χ0n) is 13.2. The van der Waals surface area contributed by atoms with Gasteiger partial charge in [-0.15, -0.1) is 11.3 Å². The smallest absolute Gasteiger partial charge is 0.270 e. The van der Waals surface area contributed by atoms with Gasteiger partial charge in [0.05, 0.1) is 12.1 Å². The number of amides is 1. The van der Waals surface area contributed by atoms with Gasteiger partial charge in [0.25, 0.3) is 11.5 Å². The number of H-pyrrole nitrogens is 2. The first-order valence-corrected chi connectivity index (χ1v) is 9.18. The Balaban J connectivity index is 1.61. The number of aromatic amines is 2. The first kappa shape index (κ1) is 16.0. The molecule has 0 fully saturated rings. The molecule has 3 heterocycles. The number of benzene rings is 1. The summed E-state index contributed by atoms with van der Waals surface area (Å²) >= 11 is 4.78. The van der Waals surface area contributed by atoms with Crippen molar-refractivity contribution in [1.29, 1.82) is 0 Å². The standard InChI is InChI=1S/C17H13BrN4O2S/c1-22(8-14-20-12-4-5-25-15(12)16(23)21-14)17(24)13-7-9-6-10(18)2-3-11(9)19-13/h2-7,19H,8H2,1H3,(H,20,21,23). The van der Waals surface area contributed by atoms with Gasteiger partial charge in [0.1, 0.15) is 16.2 Å². The number of aromatic nitrogens is 3. The van der Waals surface area contributed by atoms with Gasteiger partial charge in [0.2, 0.25) is 0 Å². The average Bonchev–Trinajstić information content (AvgIpc) is 3.20. The third-order valence-corrected chi connectivity index (χ3v) is 5.31. The summed E-state index contributed by atoms with van der Waals surface area (Å²) in [5.41, 5.74) is 1.87. The SMILES string of the molecule is CN(Cc1nc2ccsc2c(=O)[nH]1)C(=O)c1cc2cc(Br)ccc2[nH]1. The first-order valence-electron chi connectivity index (χ1n) is 7.51. The molecule has 0 radical (unpaired) electrons. The molecule has 0 aliphatic rings. The lowest BCUT2D eigenvalue weighted by molar-refractivity contribution is 0.0776. The molecular formula is C17H13BrN4O2S. The lowest BCUT2D eigenvalue weighted by atomic mass is 10.2. The summed E-state index contributed by atoms with van der Waals surface area (Å²) < 4.78 is 1.55. The summed E-state index contributed by atoms with van der Waals surface area (Å²) in [4.78, 5) is 36.5. The van der Waals surface area contributed by atoms with Gasteiger partial charge in [-0.3, -0.25) is 9.59 Å². The number of halogens is 1. The Morgan fingerprint density at radius 3 is 2.96 bits per heavy atom. The highest BCUT2D eigenvalue weighted by Crippen LogP contribution is 2.21. The Kier molecular flexibility index (Phi) is 3.93. The molecule has 0 saturated heterocycles. The average molecular weight is 417 g/mol. The van der Waals surface area contributed by atoms with Crippen molar-refractivity contribution in [2.45, 2.75) is 6.54 Å². The first-order chi connectivity index (χ1) is 12.0. The Morgan fingerprint density at radius 1 is 1.28 bits per heavy atom. The molecule has 0 unspecified atom stereocenters. The summed E-state index contributed by atoms with van der Waals surface area (Å²) in [5, 5.41) is 2.78. The van der Waals surface area contributed by atoms with Gasteiger partial charge in [-0.05, 0) is 35.7 Å². The van der Waals surface area contributed by atoms with Crippen molar-refractivity contribution in [3.8, 4) is 0 Å². The maximum absolute atomic E-state index is 12.7. The molecule has 2 N–H and O–H groups in total. The van der Waals surface area contributed by atoms with Gasteiger partial charge in [-0.2, -0.15) is 0 Å². The fraction of sp³-hybridized carbons (Fsp3) is 0.118. The van der Waals surface area contributed by atoms with Crippen LogP contribution in [0.15, 0.2) is 45.0 Å². The Morgan fingerprint density at radius 2 is 2.12 bits per heavy atom. The summed E-state index contributed by atoms with van der Waals surface area (Å²) in [6, 6.07) is 9.40. The Hall–Kier alpha value is -2.45. The molecule has 0 saturated carbocycles. The van der Waals surface area contributed by atoms with E-state index >= 15 is 0 Å². The molecule has 8 heteroatoms. The molecule has 0 bridgehead atoms. The third-order valence-electron chi connectivity index (χ3n) is 3.91. The van der Waals surface area contributed by atoms with Crippen LogP contribution >= 0.6 is 27.3 Å². The zero-order valence-corrected chi connectivity index (χ0v) is 15.6.